The Bertz CT molecular complexity index is 887. The highest BCUT2D eigenvalue weighted by Crippen LogP contribution is 2.22. The molecule has 0 atom stereocenters. The number of anilines is 1. The molecule has 1 amide bonds. The van der Waals surface area contributed by atoms with Crippen LogP contribution >= 0.6 is 0 Å². The highest BCUT2D eigenvalue weighted by molar-refractivity contribution is 5.94. The first kappa shape index (κ1) is 16.3. The average molecular weight is 352 g/mol. The van der Waals surface area contributed by atoms with Gasteiger partial charge in [-0.15, -0.1) is 5.10 Å². The summed E-state index contributed by atoms with van der Waals surface area (Å²) >= 11 is 0. The van der Waals surface area contributed by atoms with Gasteiger partial charge in [0.2, 0.25) is 5.89 Å². The van der Waals surface area contributed by atoms with Crippen LogP contribution in [0.15, 0.2) is 59.0 Å². The number of nitrogens with zero attached hydrogens (tertiary/aromatic N) is 4. The van der Waals surface area contributed by atoms with Crippen molar-refractivity contribution in [1.29, 1.82) is 0 Å². The molecule has 1 saturated heterocycles. The summed E-state index contributed by atoms with van der Waals surface area (Å²) in [5.41, 5.74) is 1.36. The van der Waals surface area contributed by atoms with Crippen LogP contribution in [0.1, 0.15) is 10.4 Å². The summed E-state index contributed by atoms with van der Waals surface area (Å²) in [5.74, 6) is 0.0301. The van der Waals surface area contributed by atoms with Crippen LogP contribution in [-0.4, -0.2) is 47.2 Å². The number of aromatic nitrogens is 2. The van der Waals surface area contributed by atoms with Gasteiger partial charge in [0.1, 0.15) is 5.82 Å². The first-order chi connectivity index (χ1) is 12.7. The Hall–Kier alpha value is -3.22. The van der Waals surface area contributed by atoms with Crippen LogP contribution in [0.4, 0.5) is 10.4 Å². The van der Waals surface area contributed by atoms with E-state index >= 15 is 0 Å². The van der Waals surface area contributed by atoms with Gasteiger partial charge in [-0.05, 0) is 36.4 Å². The zero-order valence-corrected chi connectivity index (χ0v) is 14.0. The van der Waals surface area contributed by atoms with Crippen LogP contribution in [0, 0.1) is 5.82 Å². The Morgan fingerprint density at radius 3 is 2.31 bits per heavy atom. The fourth-order valence-electron chi connectivity index (χ4n) is 2.92. The molecule has 1 fully saturated rings. The molecule has 2 aromatic carbocycles. The maximum Gasteiger partial charge on any atom is 0.318 e. The largest absolute Gasteiger partial charge is 0.403 e. The molecule has 1 aromatic heterocycles. The zero-order valence-electron chi connectivity index (χ0n) is 14.0. The highest BCUT2D eigenvalue weighted by Gasteiger charge is 2.25. The number of piperazine rings is 1. The molecule has 1 aliphatic heterocycles. The maximum atomic E-state index is 13.0. The van der Waals surface area contributed by atoms with Crippen LogP contribution in [0.25, 0.3) is 11.5 Å². The summed E-state index contributed by atoms with van der Waals surface area (Å²) in [6, 6.07) is 15.7. The van der Waals surface area contributed by atoms with Crippen LogP contribution in [0.3, 0.4) is 0 Å². The van der Waals surface area contributed by atoms with E-state index in [1.165, 1.54) is 24.3 Å². The number of hydrogen-bond donors (Lipinski definition) is 0. The molecular formula is C19H17FN4O2. The molecule has 0 spiro atoms. The maximum absolute atomic E-state index is 13.0. The Balaban J connectivity index is 1.40. The Labute approximate surface area is 149 Å². The van der Waals surface area contributed by atoms with Gasteiger partial charge < -0.3 is 14.2 Å². The minimum Gasteiger partial charge on any atom is -0.403 e. The molecule has 3 aromatic rings. The lowest BCUT2D eigenvalue weighted by molar-refractivity contribution is 0.0745. The number of carbonyl (C=O) groups excluding carboxylic acids is 1. The molecule has 7 heteroatoms. The van der Waals surface area contributed by atoms with Crippen molar-refractivity contribution in [2.45, 2.75) is 0 Å². The molecule has 0 saturated carbocycles. The van der Waals surface area contributed by atoms with E-state index in [9.17, 15) is 9.18 Å². The predicted octanol–water partition coefficient (Wildman–Crippen LogP) is 2.84. The van der Waals surface area contributed by atoms with Gasteiger partial charge in [-0.1, -0.05) is 23.3 Å². The standard InChI is InChI=1S/C19H17FN4O2/c20-16-8-6-15(7-9-16)18(25)23-10-12-24(13-11-23)19-22-21-17(26-19)14-4-2-1-3-5-14/h1-9H,10-13H2. The van der Waals surface area contributed by atoms with Gasteiger partial charge in [-0.2, -0.15) is 0 Å². The zero-order chi connectivity index (χ0) is 17.9. The smallest absolute Gasteiger partial charge is 0.318 e. The van der Waals surface area contributed by atoms with E-state index in [4.69, 9.17) is 4.42 Å². The minimum absolute atomic E-state index is 0.0971. The van der Waals surface area contributed by atoms with E-state index in [-0.39, 0.29) is 11.7 Å². The lowest BCUT2D eigenvalue weighted by atomic mass is 10.2. The van der Waals surface area contributed by atoms with E-state index in [2.05, 4.69) is 10.2 Å². The van der Waals surface area contributed by atoms with Crippen LogP contribution in [0.2, 0.25) is 0 Å². The number of hydrogen-bond acceptors (Lipinski definition) is 5. The molecule has 0 radical (unpaired) electrons. The fraction of sp³-hybridized carbons (Fsp3) is 0.211. The summed E-state index contributed by atoms with van der Waals surface area (Å²) < 4.78 is 18.8. The van der Waals surface area contributed by atoms with Crippen LogP contribution in [-0.2, 0) is 0 Å². The third-order valence-electron chi connectivity index (χ3n) is 4.36. The summed E-state index contributed by atoms with van der Waals surface area (Å²) in [6.45, 7) is 2.28. The molecule has 132 valence electrons. The SMILES string of the molecule is O=C(c1ccc(F)cc1)N1CCN(c2nnc(-c3ccccc3)o2)CC1. The quantitative estimate of drug-likeness (QED) is 0.725. The topological polar surface area (TPSA) is 62.5 Å². The first-order valence-electron chi connectivity index (χ1n) is 8.39. The Morgan fingerprint density at radius 1 is 0.923 bits per heavy atom. The normalized spacial score (nSPS) is 14.5. The van der Waals surface area contributed by atoms with Gasteiger partial charge >= 0.3 is 6.01 Å². The van der Waals surface area contributed by atoms with Crippen molar-refractivity contribution in [3.63, 3.8) is 0 Å². The summed E-state index contributed by atoms with van der Waals surface area (Å²) in [7, 11) is 0. The molecule has 6 nitrogen and oxygen atoms in total. The van der Waals surface area contributed by atoms with Gasteiger partial charge in [0, 0.05) is 37.3 Å². The number of rotatable bonds is 3. The van der Waals surface area contributed by atoms with Gasteiger partial charge in [0.15, 0.2) is 0 Å². The molecular weight excluding hydrogens is 335 g/mol. The van der Waals surface area contributed by atoms with Crippen molar-refractivity contribution in [2.24, 2.45) is 0 Å². The third-order valence-corrected chi connectivity index (χ3v) is 4.36. The molecule has 1 aliphatic rings. The van der Waals surface area contributed by atoms with Crippen molar-refractivity contribution in [3.05, 3.63) is 66.0 Å². The Morgan fingerprint density at radius 2 is 1.62 bits per heavy atom. The average Bonchev–Trinajstić information content (AvgIpc) is 3.19. The predicted molar refractivity (Wildman–Crippen MR) is 94.3 cm³/mol. The van der Waals surface area contributed by atoms with Crippen molar-refractivity contribution in [3.8, 4) is 11.5 Å². The van der Waals surface area contributed by atoms with Gasteiger partial charge in [-0.25, -0.2) is 4.39 Å². The number of benzene rings is 2. The number of halogens is 1. The second-order valence-corrected chi connectivity index (χ2v) is 6.04. The second-order valence-electron chi connectivity index (χ2n) is 6.04. The van der Waals surface area contributed by atoms with E-state index in [0.717, 1.165) is 5.56 Å². The van der Waals surface area contributed by atoms with E-state index in [1.807, 2.05) is 35.2 Å². The lowest BCUT2D eigenvalue weighted by Crippen LogP contribution is -2.48. The Kier molecular flexibility index (Phi) is 4.35. The van der Waals surface area contributed by atoms with E-state index < -0.39 is 0 Å². The highest BCUT2D eigenvalue weighted by atomic mass is 19.1. The minimum atomic E-state index is -0.350. The van der Waals surface area contributed by atoms with Gasteiger partial charge in [0.25, 0.3) is 5.91 Å². The van der Waals surface area contributed by atoms with E-state index in [0.29, 0.717) is 43.6 Å². The van der Waals surface area contributed by atoms with E-state index in [1.54, 1.807) is 4.90 Å². The van der Waals surface area contributed by atoms with Crippen LogP contribution in [0.5, 0.6) is 0 Å². The van der Waals surface area contributed by atoms with Crippen molar-refractivity contribution in [2.75, 3.05) is 31.1 Å². The van der Waals surface area contributed by atoms with Crippen molar-refractivity contribution >= 4 is 11.9 Å². The molecule has 2 heterocycles. The van der Waals surface area contributed by atoms with Crippen molar-refractivity contribution < 1.29 is 13.6 Å². The summed E-state index contributed by atoms with van der Waals surface area (Å²) in [4.78, 5) is 16.2. The number of amides is 1. The third kappa shape index (κ3) is 3.28. The molecule has 26 heavy (non-hydrogen) atoms. The first-order valence-corrected chi connectivity index (χ1v) is 8.39. The monoisotopic (exact) mass is 352 g/mol. The summed E-state index contributed by atoms with van der Waals surface area (Å²) in [5, 5.41) is 8.22. The van der Waals surface area contributed by atoms with Crippen LogP contribution < -0.4 is 4.90 Å². The van der Waals surface area contributed by atoms with Gasteiger partial charge in [0.05, 0.1) is 0 Å². The molecule has 0 N–H and O–H groups in total. The van der Waals surface area contributed by atoms with Crippen molar-refractivity contribution in [1.82, 2.24) is 15.1 Å². The molecule has 4 rings (SSSR count). The lowest BCUT2D eigenvalue weighted by Gasteiger charge is -2.33. The fourth-order valence-corrected chi connectivity index (χ4v) is 2.92. The number of carbonyl (C=O) groups is 1. The second kappa shape index (κ2) is 6.95. The van der Waals surface area contributed by atoms with Gasteiger partial charge in [-0.3, -0.25) is 4.79 Å². The summed E-state index contributed by atoms with van der Waals surface area (Å²) in [6.07, 6.45) is 0. The molecule has 0 aliphatic carbocycles. The molecule has 0 bridgehead atoms. The molecule has 0 unspecified atom stereocenters.